The van der Waals surface area contributed by atoms with Crippen LogP contribution in [0, 0.1) is 5.92 Å². The van der Waals surface area contributed by atoms with E-state index in [1.807, 2.05) is 0 Å². The molecule has 0 heterocycles. The van der Waals surface area contributed by atoms with E-state index in [4.69, 9.17) is 0 Å². The summed E-state index contributed by atoms with van der Waals surface area (Å²) in [7, 11) is -2.32. The SMILES string of the molecule is CC(C)C([P+](C1CCCCC1)(C1CCCCC1)C1CCCCC1)[P+](C1CCCCC1)(C1CCCCC1)C1CCCCC1. The molecule has 0 radical (unpaired) electrons. The molecule has 6 aliphatic carbocycles. The Bertz CT molecular complexity index is 614. The van der Waals surface area contributed by atoms with E-state index in [-0.39, 0.29) is 0 Å². The fourth-order valence-electron chi connectivity index (χ4n) is 13.6. The Morgan fingerprint density at radius 2 is 0.452 bits per heavy atom. The van der Waals surface area contributed by atoms with Gasteiger partial charge in [-0.1, -0.05) is 52.4 Å². The zero-order valence-corrected chi connectivity index (χ0v) is 30.5. The third-order valence-corrected chi connectivity index (χ3v) is 30.9. The molecule has 0 aromatic rings. The highest BCUT2D eigenvalue weighted by Crippen LogP contribution is 2.95. The van der Waals surface area contributed by atoms with Crippen LogP contribution in [-0.4, -0.2) is 39.4 Å². The highest BCUT2D eigenvalue weighted by molar-refractivity contribution is 7.95. The highest BCUT2D eigenvalue weighted by atomic mass is 31.2. The maximum absolute atomic E-state index is 2.89. The summed E-state index contributed by atoms with van der Waals surface area (Å²) in [6.07, 6.45) is 48.6. The van der Waals surface area contributed by atoms with E-state index >= 15 is 0 Å². The first-order valence-corrected chi connectivity index (χ1v) is 24.6. The quantitative estimate of drug-likeness (QED) is 0.226. The zero-order valence-electron chi connectivity index (χ0n) is 28.7. The Balaban J connectivity index is 1.60. The summed E-state index contributed by atoms with van der Waals surface area (Å²) >= 11 is 0. The molecule has 42 heavy (non-hydrogen) atoms. The maximum atomic E-state index is 2.89. The lowest BCUT2D eigenvalue weighted by molar-refractivity contribution is 0.430. The van der Waals surface area contributed by atoms with E-state index in [2.05, 4.69) is 13.8 Å². The molecule has 6 fully saturated rings. The summed E-state index contributed by atoms with van der Waals surface area (Å²) in [6, 6.07) is 0. The highest BCUT2D eigenvalue weighted by Gasteiger charge is 2.75. The monoisotopic (exact) mass is 617 g/mol. The van der Waals surface area contributed by atoms with Gasteiger partial charge in [0.25, 0.3) is 0 Å². The molecule has 6 saturated carbocycles. The van der Waals surface area contributed by atoms with Crippen LogP contribution in [0.2, 0.25) is 0 Å². The van der Waals surface area contributed by atoms with Crippen molar-refractivity contribution in [2.24, 2.45) is 5.92 Å². The molecule has 6 aliphatic rings. The molecule has 242 valence electrons. The first kappa shape index (κ1) is 32.8. The zero-order chi connectivity index (χ0) is 28.8. The van der Waals surface area contributed by atoms with Gasteiger partial charge in [0.15, 0.2) is 5.40 Å². The van der Waals surface area contributed by atoms with Gasteiger partial charge in [0.05, 0.1) is 48.5 Å². The topological polar surface area (TPSA) is 0 Å². The molecule has 2 heteroatoms. The van der Waals surface area contributed by atoms with Gasteiger partial charge in [-0.3, -0.25) is 0 Å². The van der Waals surface area contributed by atoms with Crippen molar-refractivity contribution in [3.63, 3.8) is 0 Å². The van der Waals surface area contributed by atoms with Crippen molar-refractivity contribution in [2.75, 3.05) is 0 Å². The van der Waals surface area contributed by atoms with Gasteiger partial charge in [0, 0.05) is 5.92 Å². The average Bonchev–Trinajstić information content (AvgIpc) is 3.07. The van der Waals surface area contributed by atoms with Crippen LogP contribution in [0.4, 0.5) is 0 Å². The van der Waals surface area contributed by atoms with Crippen molar-refractivity contribution < 1.29 is 0 Å². The lowest BCUT2D eigenvalue weighted by Gasteiger charge is -2.60. The van der Waals surface area contributed by atoms with Crippen LogP contribution in [0.3, 0.4) is 0 Å². The van der Waals surface area contributed by atoms with Gasteiger partial charge in [-0.15, -0.1) is 0 Å². The average molecular weight is 617 g/mol. The summed E-state index contributed by atoms with van der Waals surface area (Å²) in [4.78, 5) is 0. The predicted molar refractivity (Wildman–Crippen MR) is 194 cm³/mol. The van der Waals surface area contributed by atoms with Crippen LogP contribution in [0.15, 0.2) is 0 Å². The molecular weight excluding hydrogens is 542 g/mol. The third-order valence-electron chi connectivity index (χ3n) is 14.8. The number of hydrogen-bond acceptors (Lipinski definition) is 0. The fraction of sp³-hybridized carbons (Fsp3) is 1.00. The van der Waals surface area contributed by atoms with Crippen molar-refractivity contribution in [1.29, 1.82) is 0 Å². The fourth-order valence-corrected chi connectivity index (χ4v) is 35.6. The van der Waals surface area contributed by atoms with E-state index in [0.29, 0.717) is 0 Å². The molecule has 0 atom stereocenters. The molecule has 6 rings (SSSR count). The summed E-state index contributed by atoms with van der Waals surface area (Å²) in [5.74, 6) is 0.961. The molecular formula is C40H74P2+2. The van der Waals surface area contributed by atoms with Crippen LogP contribution in [0.1, 0.15) is 206 Å². The molecule has 0 unspecified atom stereocenters. The van der Waals surface area contributed by atoms with Crippen LogP contribution in [0.25, 0.3) is 0 Å². The minimum Gasteiger partial charge on any atom is -0.0553 e. The van der Waals surface area contributed by atoms with Crippen LogP contribution < -0.4 is 0 Å². The summed E-state index contributed by atoms with van der Waals surface area (Å²) in [6.45, 7) is 5.77. The van der Waals surface area contributed by atoms with E-state index in [0.717, 1.165) is 5.92 Å². The maximum Gasteiger partial charge on any atom is 0.172 e. The minimum absolute atomic E-state index is 0.961. The van der Waals surface area contributed by atoms with Crippen molar-refractivity contribution in [3.05, 3.63) is 0 Å². The Kier molecular flexibility index (Phi) is 12.2. The molecule has 0 nitrogen and oxygen atoms in total. The minimum atomic E-state index is -1.16. The van der Waals surface area contributed by atoms with Crippen molar-refractivity contribution in [2.45, 2.75) is 246 Å². The first-order valence-electron chi connectivity index (χ1n) is 20.5. The van der Waals surface area contributed by atoms with E-state index < -0.39 is 14.5 Å². The number of rotatable bonds is 9. The smallest absolute Gasteiger partial charge is 0.0553 e. The normalized spacial score (nSPS) is 28.6. The van der Waals surface area contributed by atoms with Crippen LogP contribution in [0.5, 0.6) is 0 Å². The second-order valence-corrected chi connectivity index (χ2v) is 26.7. The summed E-state index contributed by atoms with van der Waals surface area (Å²) in [5, 5.41) is 1.22. The second-order valence-electron chi connectivity index (χ2n) is 17.2. The Morgan fingerprint density at radius 1 is 0.286 bits per heavy atom. The van der Waals surface area contributed by atoms with Gasteiger partial charge in [-0.25, -0.2) is 0 Å². The van der Waals surface area contributed by atoms with Gasteiger partial charge in [0.2, 0.25) is 0 Å². The van der Waals surface area contributed by atoms with E-state index in [1.165, 1.54) is 39.4 Å². The molecule has 0 amide bonds. The first-order chi connectivity index (χ1) is 20.7. The molecule has 0 saturated heterocycles. The second kappa shape index (κ2) is 15.6. The van der Waals surface area contributed by atoms with E-state index in [9.17, 15) is 0 Å². The van der Waals surface area contributed by atoms with Crippen molar-refractivity contribution in [3.8, 4) is 0 Å². The molecule has 0 aromatic heterocycles. The van der Waals surface area contributed by atoms with Gasteiger partial charge < -0.3 is 0 Å². The molecule has 0 spiro atoms. The van der Waals surface area contributed by atoms with Crippen LogP contribution in [-0.2, 0) is 0 Å². The third kappa shape index (κ3) is 6.38. The van der Waals surface area contributed by atoms with Crippen molar-refractivity contribution in [1.82, 2.24) is 0 Å². The molecule has 0 N–H and O–H groups in total. The Hall–Kier alpha value is 0.860. The Morgan fingerprint density at radius 3 is 0.595 bits per heavy atom. The van der Waals surface area contributed by atoms with Crippen LogP contribution >= 0.6 is 14.5 Å². The largest absolute Gasteiger partial charge is 0.172 e. The van der Waals surface area contributed by atoms with Crippen molar-refractivity contribution >= 4 is 14.5 Å². The molecule has 0 aromatic carbocycles. The van der Waals surface area contributed by atoms with Gasteiger partial charge >= 0.3 is 0 Å². The van der Waals surface area contributed by atoms with Gasteiger partial charge in [0.1, 0.15) is 0 Å². The predicted octanol–water partition coefficient (Wildman–Crippen LogP) is 14.0. The summed E-state index contributed by atoms with van der Waals surface area (Å²) < 4.78 is 0. The summed E-state index contributed by atoms with van der Waals surface area (Å²) in [5.41, 5.74) is 7.08. The molecule has 0 aliphatic heterocycles. The number of hydrogen-bond donors (Lipinski definition) is 0. The lowest BCUT2D eigenvalue weighted by Crippen LogP contribution is -2.50. The standard InChI is InChI=1S/C40H74P2/c1-33(2)40(41(34-21-9-3-10-22-34,35-23-11-4-12-24-35)36-25-13-5-14-26-36)42(37-27-15-6-16-28-37,38-29-17-7-18-30-38)39-31-19-8-20-32-39/h33-40H,3-32H2,1-2H3/q+2. The Labute approximate surface area is 265 Å². The lowest BCUT2D eigenvalue weighted by atomic mass is 9.98. The molecule has 0 bridgehead atoms. The van der Waals surface area contributed by atoms with E-state index in [1.54, 1.807) is 193 Å². The van der Waals surface area contributed by atoms with Gasteiger partial charge in [-0.05, 0) is 154 Å². The van der Waals surface area contributed by atoms with Gasteiger partial charge in [-0.2, -0.15) is 0 Å².